The van der Waals surface area contributed by atoms with Crippen LogP contribution in [-0.4, -0.2) is 29.7 Å². The Hall–Kier alpha value is -0.840. The van der Waals surface area contributed by atoms with E-state index in [1.165, 1.54) is 12.8 Å². The number of hydrogen-bond donors (Lipinski definition) is 0. The van der Waals surface area contributed by atoms with Crippen LogP contribution in [0.3, 0.4) is 0 Å². The first-order valence-corrected chi connectivity index (χ1v) is 6.76. The standard InChI is InChI=1S/C12H18BrN3O/c1-8(2)10-5-4-6-16(10)12-14-7-9(13)11(15-12)17-3/h7-8,10H,4-6H2,1-3H3. The molecule has 2 heterocycles. The van der Waals surface area contributed by atoms with Gasteiger partial charge in [-0.25, -0.2) is 4.98 Å². The lowest BCUT2D eigenvalue weighted by atomic mass is 10.0. The number of anilines is 1. The van der Waals surface area contributed by atoms with Gasteiger partial charge in [0.15, 0.2) is 0 Å². The second kappa shape index (κ2) is 5.21. The Kier molecular flexibility index (Phi) is 3.86. The molecule has 0 spiro atoms. The minimum absolute atomic E-state index is 0.542. The van der Waals surface area contributed by atoms with Gasteiger partial charge in [0.05, 0.1) is 17.8 Å². The molecule has 0 amide bonds. The second-order valence-corrected chi connectivity index (χ2v) is 5.53. The maximum Gasteiger partial charge on any atom is 0.232 e. The van der Waals surface area contributed by atoms with Crippen molar-refractivity contribution in [3.8, 4) is 5.88 Å². The van der Waals surface area contributed by atoms with Gasteiger partial charge in [0.1, 0.15) is 0 Å². The Morgan fingerprint density at radius 2 is 2.29 bits per heavy atom. The molecule has 1 unspecified atom stereocenters. The lowest BCUT2D eigenvalue weighted by molar-refractivity contribution is 0.392. The van der Waals surface area contributed by atoms with Gasteiger partial charge in [0, 0.05) is 12.6 Å². The van der Waals surface area contributed by atoms with Crippen molar-refractivity contribution in [1.29, 1.82) is 0 Å². The number of nitrogens with zero attached hydrogens (tertiary/aromatic N) is 3. The van der Waals surface area contributed by atoms with Crippen molar-refractivity contribution >= 4 is 21.9 Å². The molecule has 0 saturated carbocycles. The minimum Gasteiger partial charge on any atom is -0.480 e. The molecule has 0 N–H and O–H groups in total. The summed E-state index contributed by atoms with van der Waals surface area (Å²) in [5, 5.41) is 0. The Labute approximate surface area is 111 Å². The molecule has 0 aromatic carbocycles. The van der Waals surface area contributed by atoms with E-state index in [4.69, 9.17) is 4.74 Å². The molecule has 1 aliphatic heterocycles. The van der Waals surface area contributed by atoms with Crippen molar-refractivity contribution in [2.24, 2.45) is 5.92 Å². The number of aromatic nitrogens is 2. The summed E-state index contributed by atoms with van der Waals surface area (Å²) in [6, 6.07) is 0.542. The molecule has 5 heteroatoms. The van der Waals surface area contributed by atoms with Crippen LogP contribution in [0, 0.1) is 5.92 Å². The summed E-state index contributed by atoms with van der Waals surface area (Å²) in [4.78, 5) is 11.1. The molecule has 1 aliphatic rings. The quantitative estimate of drug-likeness (QED) is 0.860. The van der Waals surface area contributed by atoms with Gasteiger partial charge >= 0.3 is 0 Å². The first kappa shape index (κ1) is 12.6. The Bertz CT molecular complexity index is 397. The van der Waals surface area contributed by atoms with Crippen molar-refractivity contribution in [3.63, 3.8) is 0 Å². The van der Waals surface area contributed by atoms with Crippen LogP contribution in [0.1, 0.15) is 26.7 Å². The minimum atomic E-state index is 0.542. The Balaban J connectivity index is 2.27. The van der Waals surface area contributed by atoms with E-state index in [1.807, 2.05) is 0 Å². The predicted molar refractivity (Wildman–Crippen MR) is 71.5 cm³/mol. The molecule has 0 radical (unpaired) electrons. The van der Waals surface area contributed by atoms with Gasteiger partial charge in [0.2, 0.25) is 11.8 Å². The average Bonchev–Trinajstić information content (AvgIpc) is 2.78. The van der Waals surface area contributed by atoms with Crippen molar-refractivity contribution < 1.29 is 4.74 Å². The normalized spacial score (nSPS) is 20.1. The van der Waals surface area contributed by atoms with E-state index in [9.17, 15) is 0 Å². The highest BCUT2D eigenvalue weighted by molar-refractivity contribution is 9.10. The molecule has 0 bridgehead atoms. The lowest BCUT2D eigenvalue weighted by Gasteiger charge is -2.27. The van der Waals surface area contributed by atoms with Crippen LogP contribution >= 0.6 is 15.9 Å². The van der Waals surface area contributed by atoms with Crippen LogP contribution in [0.15, 0.2) is 10.7 Å². The highest BCUT2D eigenvalue weighted by atomic mass is 79.9. The zero-order chi connectivity index (χ0) is 12.4. The summed E-state index contributed by atoms with van der Waals surface area (Å²) < 4.78 is 6.01. The smallest absolute Gasteiger partial charge is 0.232 e. The van der Waals surface area contributed by atoms with E-state index >= 15 is 0 Å². The molecule has 1 atom stereocenters. The number of ether oxygens (including phenoxy) is 1. The number of rotatable bonds is 3. The molecular weight excluding hydrogens is 282 g/mol. The van der Waals surface area contributed by atoms with Gasteiger partial charge in [-0.1, -0.05) is 13.8 Å². The van der Waals surface area contributed by atoms with Gasteiger partial charge in [-0.3, -0.25) is 0 Å². The SMILES string of the molecule is COc1nc(N2CCCC2C(C)C)ncc1Br. The number of halogens is 1. The van der Waals surface area contributed by atoms with E-state index in [-0.39, 0.29) is 0 Å². The van der Waals surface area contributed by atoms with Gasteiger partial charge in [-0.05, 0) is 34.7 Å². The zero-order valence-corrected chi connectivity index (χ0v) is 12.1. The molecule has 1 aromatic rings. The predicted octanol–water partition coefficient (Wildman–Crippen LogP) is 2.87. The number of methoxy groups -OCH3 is 1. The first-order chi connectivity index (χ1) is 8.13. The van der Waals surface area contributed by atoms with Gasteiger partial charge in [-0.15, -0.1) is 0 Å². The van der Waals surface area contributed by atoms with Crippen molar-refractivity contribution in [2.75, 3.05) is 18.6 Å². The van der Waals surface area contributed by atoms with Crippen LogP contribution in [0.5, 0.6) is 5.88 Å². The average molecular weight is 300 g/mol. The van der Waals surface area contributed by atoms with Gasteiger partial charge in [-0.2, -0.15) is 4.98 Å². The van der Waals surface area contributed by atoms with Gasteiger partial charge in [0.25, 0.3) is 0 Å². The highest BCUT2D eigenvalue weighted by Crippen LogP contribution is 2.30. The van der Waals surface area contributed by atoms with Crippen molar-refractivity contribution in [1.82, 2.24) is 9.97 Å². The third-order valence-electron chi connectivity index (χ3n) is 3.22. The monoisotopic (exact) mass is 299 g/mol. The van der Waals surface area contributed by atoms with Crippen molar-refractivity contribution in [3.05, 3.63) is 10.7 Å². The van der Waals surface area contributed by atoms with E-state index in [1.54, 1.807) is 13.3 Å². The zero-order valence-electron chi connectivity index (χ0n) is 10.5. The molecule has 94 valence electrons. The summed E-state index contributed by atoms with van der Waals surface area (Å²) in [7, 11) is 1.63. The summed E-state index contributed by atoms with van der Waals surface area (Å²) in [6.07, 6.45) is 4.20. The molecule has 4 nitrogen and oxygen atoms in total. The second-order valence-electron chi connectivity index (χ2n) is 4.67. The maximum atomic E-state index is 5.22. The Morgan fingerprint density at radius 3 is 2.94 bits per heavy atom. The van der Waals surface area contributed by atoms with E-state index in [0.717, 1.165) is 17.0 Å². The van der Waals surface area contributed by atoms with Crippen LogP contribution in [-0.2, 0) is 0 Å². The van der Waals surface area contributed by atoms with E-state index < -0.39 is 0 Å². The van der Waals surface area contributed by atoms with Crippen LogP contribution in [0.4, 0.5) is 5.95 Å². The van der Waals surface area contributed by atoms with Crippen LogP contribution in [0.2, 0.25) is 0 Å². The fourth-order valence-corrected chi connectivity index (χ4v) is 2.71. The van der Waals surface area contributed by atoms with Gasteiger partial charge < -0.3 is 9.64 Å². The molecule has 1 aromatic heterocycles. The summed E-state index contributed by atoms with van der Waals surface area (Å²) in [5.74, 6) is 2.00. The summed E-state index contributed by atoms with van der Waals surface area (Å²) in [6.45, 7) is 5.53. The first-order valence-electron chi connectivity index (χ1n) is 5.96. The van der Waals surface area contributed by atoms with E-state index in [0.29, 0.717) is 17.8 Å². The third kappa shape index (κ3) is 2.54. The fourth-order valence-electron chi connectivity index (χ4n) is 2.36. The summed E-state index contributed by atoms with van der Waals surface area (Å²) >= 11 is 3.37. The molecular formula is C12H18BrN3O. The highest BCUT2D eigenvalue weighted by Gasteiger charge is 2.29. The summed E-state index contributed by atoms with van der Waals surface area (Å²) in [5.41, 5.74) is 0. The number of hydrogen-bond acceptors (Lipinski definition) is 4. The van der Waals surface area contributed by atoms with E-state index in [2.05, 4.69) is 44.6 Å². The third-order valence-corrected chi connectivity index (χ3v) is 3.76. The van der Waals surface area contributed by atoms with Crippen LogP contribution < -0.4 is 9.64 Å². The Morgan fingerprint density at radius 1 is 1.53 bits per heavy atom. The molecule has 0 aliphatic carbocycles. The lowest BCUT2D eigenvalue weighted by Crippen LogP contribution is -2.34. The molecule has 2 rings (SSSR count). The van der Waals surface area contributed by atoms with Crippen molar-refractivity contribution in [2.45, 2.75) is 32.7 Å². The largest absolute Gasteiger partial charge is 0.480 e. The maximum absolute atomic E-state index is 5.22. The molecule has 17 heavy (non-hydrogen) atoms. The fraction of sp³-hybridized carbons (Fsp3) is 0.667. The van der Waals surface area contributed by atoms with Crippen LogP contribution in [0.25, 0.3) is 0 Å². The molecule has 1 fully saturated rings. The topological polar surface area (TPSA) is 38.2 Å². The molecule has 1 saturated heterocycles.